The van der Waals surface area contributed by atoms with Crippen LogP contribution in [0.2, 0.25) is 5.02 Å². The van der Waals surface area contributed by atoms with E-state index in [0.29, 0.717) is 17.3 Å². The number of hydrogen-bond donors (Lipinski definition) is 1. The van der Waals surface area contributed by atoms with E-state index in [1.54, 1.807) is 49.6 Å². The van der Waals surface area contributed by atoms with Gasteiger partial charge in [-0.2, -0.15) is 0 Å². The Morgan fingerprint density at radius 1 is 0.872 bits per heavy atom. The molecule has 1 atom stereocenters. The molecule has 8 nitrogen and oxygen atoms in total. The Balaban J connectivity index is 1.82. The van der Waals surface area contributed by atoms with Crippen LogP contribution < -0.4 is 14.4 Å². The summed E-state index contributed by atoms with van der Waals surface area (Å²) in [6.07, 6.45) is 0.224. The SMILES string of the molecule is COc1cccc(CN(C(=O)CN(c2ccc(C)c(Cl)c2)S(=O)(=O)c2ccc(C)cc2)[C@@H](Cc2ccccc2)C(=O)NCC(C)C)c1. The van der Waals surface area contributed by atoms with Gasteiger partial charge in [0.2, 0.25) is 11.8 Å². The minimum absolute atomic E-state index is 0.0301. The largest absolute Gasteiger partial charge is 0.497 e. The summed E-state index contributed by atoms with van der Waals surface area (Å²) in [5.74, 6) is -0.108. The van der Waals surface area contributed by atoms with Crippen molar-refractivity contribution >= 4 is 39.1 Å². The molecule has 0 aliphatic heterocycles. The third-order valence-corrected chi connectivity index (χ3v) is 9.97. The van der Waals surface area contributed by atoms with E-state index in [9.17, 15) is 18.0 Å². The second-order valence-corrected chi connectivity index (χ2v) is 14.2. The summed E-state index contributed by atoms with van der Waals surface area (Å²) in [5.41, 5.74) is 3.47. The molecule has 0 radical (unpaired) electrons. The Morgan fingerprint density at radius 2 is 1.55 bits per heavy atom. The minimum atomic E-state index is -4.23. The molecule has 0 spiro atoms. The van der Waals surface area contributed by atoms with Crippen molar-refractivity contribution < 1.29 is 22.7 Å². The van der Waals surface area contributed by atoms with Gasteiger partial charge in [-0.3, -0.25) is 13.9 Å². The van der Waals surface area contributed by atoms with E-state index in [0.717, 1.165) is 26.6 Å². The van der Waals surface area contributed by atoms with Gasteiger partial charge < -0.3 is 15.0 Å². The summed E-state index contributed by atoms with van der Waals surface area (Å²) >= 11 is 6.47. The number of nitrogens with zero attached hydrogens (tertiary/aromatic N) is 2. The zero-order valence-electron chi connectivity index (χ0n) is 27.4. The molecule has 0 saturated heterocycles. The number of amides is 2. The Bertz CT molecular complexity index is 1780. The first kappa shape index (κ1) is 35.5. The van der Waals surface area contributed by atoms with Crippen molar-refractivity contribution in [2.24, 2.45) is 5.92 Å². The number of nitrogens with one attached hydrogen (secondary N) is 1. The number of methoxy groups -OCH3 is 1. The minimum Gasteiger partial charge on any atom is -0.497 e. The average molecular weight is 676 g/mol. The fourth-order valence-electron chi connectivity index (χ4n) is 5.05. The van der Waals surface area contributed by atoms with Gasteiger partial charge >= 0.3 is 0 Å². The van der Waals surface area contributed by atoms with Crippen molar-refractivity contribution in [3.8, 4) is 5.75 Å². The van der Waals surface area contributed by atoms with Gasteiger partial charge in [-0.25, -0.2) is 8.42 Å². The molecule has 0 bridgehead atoms. The number of halogens is 1. The Morgan fingerprint density at radius 3 is 2.19 bits per heavy atom. The zero-order chi connectivity index (χ0) is 34.1. The molecule has 0 unspecified atom stereocenters. The predicted molar refractivity (Wildman–Crippen MR) is 187 cm³/mol. The van der Waals surface area contributed by atoms with Gasteiger partial charge in [0, 0.05) is 24.5 Å². The highest BCUT2D eigenvalue weighted by Gasteiger charge is 2.35. The number of rotatable bonds is 14. The monoisotopic (exact) mass is 675 g/mol. The van der Waals surface area contributed by atoms with Crippen LogP contribution in [0.25, 0.3) is 0 Å². The molecule has 1 N–H and O–H groups in total. The number of hydrogen-bond acceptors (Lipinski definition) is 5. The van der Waals surface area contributed by atoms with Gasteiger partial charge in [-0.15, -0.1) is 0 Å². The fraction of sp³-hybridized carbons (Fsp3) is 0.297. The number of carbonyl (C=O) groups is 2. The molecular weight excluding hydrogens is 634 g/mol. The first-order chi connectivity index (χ1) is 22.4. The van der Waals surface area contributed by atoms with Crippen molar-refractivity contribution in [1.82, 2.24) is 10.2 Å². The summed E-state index contributed by atoms with van der Waals surface area (Å²) in [6.45, 7) is 7.55. The molecule has 0 aliphatic carbocycles. The molecule has 2 amide bonds. The van der Waals surface area contributed by atoms with E-state index in [1.165, 1.54) is 17.0 Å². The molecule has 0 fully saturated rings. The third kappa shape index (κ3) is 9.36. The van der Waals surface area contributed by atoms with Crippen molar-refractivity contribution in [3.05, 3.63) is 124 Å². The highest BCUT2D eigenvalue weighted by atomic mass is 35.5. The quantitative estimate of drug-likeness (QED) is 0.163. The van der Waals surface area contributed by atoms with Gasteiger partial charge in [0.15, 0.2) is 0 Å². The molecule has 4 aromatic carbocycles. The summed E-state index contributed by atoms with van der Waals surface area (Å²) in [4.78, 5) is 30.0. The van der Waals surface area contributed by atoms with Crippen LogP contribution in [-0.2, 0) is 32.6 Å². The first-order valence-corrected chi connectivity index (χ1v) is 17.3. The first-order valence-electron chi connectivity index (χ1n) is 15.5. The second kappa shape index (κ2) is 16.0. The maximum atomic E-state index is 14.6. The highest BCUT2D eigenvalue weighted by Crippen LogP contribution is 2.29. The van der Waals surface area contributed by atoms with Gasteiger partial charge in [0.1, 0.15) is 18.3 Å². The van der Waals surface area contributed by atoms with Gasteiger partial charge in [0.25, 0.3) is 10.0 Å². The number of carbonyl (C=O) groups excluding carboxylic acids is 2. The van der Waals surface area contributed by atoms with E-state index < -0.39 is 28.5 Å². The van der Waals surface area contributed by atoms with Crippen molar-refractivity contribution in [1.29, 1.82) is 0 Å². The molecule has 0 saturated carbocycles. The van der Waals surface area contributed by atoms with Crippen LogP contribution in [0.5, 0.6) is 5.75 Å². The van der Waals surface area contributed by atoms with Crippen molar-refractivity contribution in [2.45, 2.75) is 51.6 Å². The molecule has 4 rings (SSSR count). The van der Waals surface area contributed by atoms with Gasteiger partial charge in [-0.05, 0) is 72.9 Å². The van der Waals surface area contributed by atoms with Crippen LogP contribution in [0.4, 0.5) is 5.69 Å². The van der Waals surface area contributed by atoms with Crippen molar-refractivity contribution in [3.63, 3.8) is 0 Å². The number of aryl methyl sites for hydroxylation is 2. The molecule has 47 heavy (non-hydrogen) atoms. The third-order valence-electron chi connectivity index (χ3n) is 7.77. The normalized spacial score (nSPS) is 12.0. The molecule has 0 aliphatic rings. The Kier molecular flexibility index (Phi) is 12.1. The highest BCUT2D eigenvalue weighted by molar-refractivity contribution is 7.92. The van der Waals surface area contributed by atoms with Crippen LogP contribution in [0.15, 0.2) is 102 Å². The molecule has 248 valence electrons. The number of anilines is 1. The van der Waals surface area contributed by atoms with E-state index in [1.807, 2.05) is 70.2 Å². The molecule has 0 heterocycles. The Labute approximate surface area is 283 Å². The van der Waals surface area contributed by atoms with E-state index in [2.05, 4.69) is 5.32 Å². The number of sulfonamides is 1. The standard InChI is InChI=1S/C37H42ClN3O5S/c1-26(2)23-39-37(43)35(21-29-10-7-6-8-11-29)40(24-30-12-9-13-32(20-30)46-5)36(42)25-41(31-17-16-28(4)34(38)22-31)47(44,45)33-18-14-27(3)15-19-33/h6-20,22,26,35H,21,23-25H2,1-5H3,(H,39,43)/t35-/m0/s1. The lowest BCUT2D eigenvalue weighted by molar-refractivity contribution is -0.140. The average Bonchev–Trinajstić information content (AvgIpc) is 3.06. The van der Waals surface area contributed by atoms with E-state index >= 15 is 0 Å². The van der Waals surface area contributed by atoms with Crippen LogP contribution in [-0.4, -0.2) is 51.4 Å². The lowest BCUT2D eigenvalue weighted by Gasteiger charge is -2.34. The van der Waals surface area contributed by atoms with Crippen LogP contribution >= 0.6 is 11.6 Å². The topological polar surface area (TPSA) is 96.0 Å². The summed E-state index contributed by atoms with van der Waals surface area (Å²) in [5, 5.41) is 3.36. The smallest absolute Gasteiger partial charge is 0.264 e. The van der Waals surface area contributed by atoms with E-state index in [4.69, 9.17) is 16.3 Å². The summed E-state index contributed by atoms with van der Waals surface area (Å²) in [6, 6.07) is 27.1. The summed E-state index contributed by atoms with van der Waals surface area (Å²) in [7, 11) is -2.68. The molecule has 0 aromatic heterocycles. The van der Waals surface area contributed by atoms with Crippen LogP contribution in [0.3, 0.4) is 0 Å². The lowest BCUT2D eigenvalue weighted by atomic mass is 10.0. The van der Waals surface area contributed by atoms with E-state index in [-0.39, 0.29) is 35.4 Å². The summed E-state index contributed by atoms with van der Waals surface area (Å²) < 4.78 is 35.0. The predicted octanol–water partition coefficient (Wildman–Crippen LogP) is 6.57. The van der Waals surface area contributed by atoms with Crippen molar-refractivity contribution in [2.75, 3.05) is 24.5 Å². The van der Waals surface area contributed by atoms with Gasteiger partial charge in [-0.1, -0.05) is 91.7 Å². The lowest BCUT2D eigenvalue weighted by Crippen LogP contribution is -2.53. The van der Waals surface area contributed by atoms with Gasteiger partial charge in [0.05, 0.1) is 17.7 Å². The maximum Gasteiger partial charge on any atom is 0.264 e. The molecular formula is C37H42ClN3O5S. The maximum absolute atomic E-state index is 14.6. The zero-order valence-corrected chi connectivity index (χ0v) is 29.0. The van der Waals surface area contributed by atoms with Crippen LogP contribution in [0.1, 0.15) is 36.1 Å². The number of benzene rings is 4. The molecule has 10 heteroatoms. The number of ether oxygens (including phenoxy) is 1. The fourth-order valence-corrected chi connectivity index (χ4v) is 6.63. The second-order valence-electron chi connectivity index (χ2n) is 12.0. The Hall–Kier alpha value is -4.34. The molecule has 4 aromatic rings. The van der Waals surface area contributed by atoms with Crippen LogP contribution in [0, 0.1) is 19.8 Å².